The van der Waals surface area contributed by atoms with Crippen LogP contribution in [0.2, 0.25) is 0 Å². The molecule has 0 aliphatic heterocycles. The van der Waals surface area contributed by atoms with Crippen molar-refractivity contribution in [1.82, 2.24) is 9.78 Å². The van der Waals surface area contributed by atoms with Crippen molar-refractivity contribution in [1.29, 1.82) is 0 Å². The van der Waals surface area contributed by atoms with E-state index in [1.807, 2.05) is 0 Å². The lowest BCUT2D eigenvalue weighted by molar-refractivity contribution is -0.141. The van der Waals surface area contributed by atoms with E-state index in [-0.39, 0.29) is 5.69 Å². The lowest BCUT2D eigenvalue weighted by atomic mass is 10.1. The quantitative estimate of drug-likeness (QED) is 0.685. The summed E-state index contributed by atoms with van der Waals surface area (Å²) in [6.45, 7) is 3.10. The zero-order valence-electron chi connectivity index (χ0n) is 9.48. The van der Waals surface area contributed by atoms with Crippen LogP contribution in [-0.4, -0.2) is 18.9 Å². The molecule has 0 N–H and O–H groups in total. The minimum Gasteiger partial charge on any atom is -0.272 e. The number of halogens is 5. The maximum absolute atomic E-state index is 12.5. The van der Waals surface area contributed by atoms with Gasteiger partial charge in [0.2, 0.25) is 0 Å². The average molecular weight is 390 g/mol. The summed E-state index contributed by atoms with van der Waals surface area (Å²) in [7, 11) is 0. The molecular weight excluding hydrogens is 381 g/mol. The van der Waals surface area contributed by atoms with Crippen molar-refractivity contribution in [3.05, 3.63) is 17.5 Å². The number of hydrogen-bond donors (Lipinski definition) is 0. The van der Waals surface area contributed by atoms with Crippen molar-refractivity contribution in [3.8, 4) is 0 Å². The second kappa shape index (κ2) is 3.82. The molecule has 1 aromatic rings. The molecule has 1 aliphatic carbocycles. The van der Waals surface area contributed by atoms with Gasteiger partial charge in [0.05, 0.1) is 8.65 Å². The van der Waals surface area contributed by atoms with E-state index in [2.05, 4.69) is 37.0 Å². The van der Waals surface area contributed by atoms with E-state index in [9.17, 15) is 18.0 Å². The Morgan fingerprint density at radius 2 is 2.00 bits per heavy atom. The van der Waals surface area contributed by atoms with Gasteiger partial charge in [-0.2, -0.15) is 18.3 Å². The highest BCUT2D eigenvalue weighted by molar-refractivity contribution is 9.25. The molecular formula is C10H9Br2F3N2O. The van der Waals surface area contributed by atoms with E-state index in [1.165, 1.54) is 6.92 Å². The van der Waals surface area contributed by atoms with E-state index in [4.69, 9.17) is 0 Å². The van der Waals surface area contributed by atoms with Gasteiger partial charge in [0.25, 0.3) is 5.91 Å². The van der Waals surface area contributed by atoms with Crippen LogP contribution in [0.25, 0.3) is 0 Å². The SMILES string of the molecule is Cc1cc(C(F)(F)F)nn1C(=O)[C@]1(C)CC1(Br)Br. The Bertz CT molecular complexity index is 524. The maximum atomic E-state index is 12.5. The normalized spacial score (nSPS) is 26.2. The maximum Gasteiger partial charge on any atom is 0.435 e. The highest BCUT2D eigenvalue weighted by Gasteiger charge is 2.67. The van der Waals surface area contributed by atoms with Crippen molar-refractivity contribution in [2.24, 2.45) is 5.41 Å². The van der Waals surface area contributed by atoms with Crippen molar-refractivity contribution in [3.63, 3.8) is 0 Å². The number of alkyl halides is 5. The van der Waals surface area contributed by atoms with Crippen LogP contribution in [0.3, 0.4) is 0 Å². The second-order valence-corrected chi connectivity index (χ2v) is 8.37. The molecule has 18 heavy (non-hydrogen) atoms. The number of aryl methyl sites for hydroxylation is 1. The molecule has 0 amide bonds. The van der Waals surface area contributed by atoms with Gasteiger partial charge >= 0.3 is 6.18 Å². The van der Waals surface area contributed by atoms with Crippen molar-refractivity contribution < 1.29 is 18.0 Å². The van der Waals surface area contributed by atoms with Gasteiger partial charge in [-0.25, -0.2) is 4.68 Å². The third kappa shape index (κ3) is 2.03. The summed E-state index contributed by atoms with van der Waals surface area (Å²) < 4.78 is 37.8. The molecule has 0 saturated heterocycles. The average Bonchev–Trinajstić information content (AvgIpc) is 2.57. The molecule has 0 spiro atoms. The summed E-state index contributed by atoms with van der Waals surface area (Å²) in [4.78, 5) is 12.2. The Balaban J connectivity index is 2.36. The Kier molecular flexibility index (Phi) is 2.98. The first-order valence-electron chi connectivity index (χ1n) is 5.05. The molecule has 3 nitrogen and oxygen atoms in total. The lowest BCUT2D eigenvalue weighted by Gasteiger charge is -2.12. The number of carbonyl (C=O) groups is 1. The van der Waals surface area contributed by atoms with Crippen LogP contribution in [0.15, 0.2) is 6.07 Å². The zero-order valence-corrected chi connectivity index (χ0v) is 12.6. The molecule has 1 atom stereocenters. The van der Waals surface area contributed by atoms with Crippen LogP contribution in [-0.2, 0) is 6.18 Å². The predicted octanol–water partition coefficient (Wildman–Crippen LogP) is 3.75. The Morgan fingerprint density at radius 3 is 2.33 bits per heavy atom. The molecule has 1 fully saturated rings. The number of carbonyl (C=O) groups excluding carboxylic acids is 1. The molecule has 1 heterocycles. The number of aromatic nitrogens is 2. The molecule has 100 valence electrons. The first kappa shape index (κ1) is 14.0. The Morgan fingerprint density at radius 1 is 1.50 bits per heavy atom. The van der Waals surface area contributed by atoms with Crippen LogP contribution < -0.4 is 0 Å². The van der Waals surface area contributed by atoms with E-state index in [0.29, 0.717) is 6.42 Å². The van der Waals surface area contributed by atoms with E-state index in [0.717, 1.165) is 10.7 Å². The van der Waals surface area contributed by atoms with Gasteiger partial charge in [0.15, 0.2) is 5.69 Å². The first-order chi connectivity index (χ1) is 7.99. The molecule has 1 saturated carbocycles. The highest BCUT2D eigenvalue weighted by Crippen LogP contribution is 2.66. The fourth-order valence-corrected chi connectivity index (χ4v) is 3.14. The predicted molar refractivity (Wildman–Crippen MR) is 65.9 cm³/mol. The van der Waals surface area contributed by atoms with Crippen LogP contribution >= 0.6 is 31.9 Å². The third-order valence-electron chi connectivity index (χ3n) is 3.10. The highest BCUT2D eigenvalue weighted by atomic mass is 79.9. The lowest BCUT2D eigenvalue weighted by Crippen LogP contribution is -2.27. The topological polar surface area (TPSA) is 34.9 Å². The van der Waals surface area contributed by atoms with Crippen molar-refractivity contribution >= 4 is 37.8 Å². The summed E-state index contributed by atoms with van der Waals surface area (Å²) >= 11 is 6.62. The smallest absolute Gasteiger partial charge is 0.272 e. The van der Waals surface area contributed by atoms with E-state index in [1.54, 1.807) is 6.92 Å². The fraction of sp³-hybridized carbons (Fsp3) is 0.600. The minimum absolute atomic E-state index is 0.177. The van der Waals surface area contributed by atoms with E-state index >= 15 is 0 Å². The Hall–Kier alpha value is -0.370. The molecule has 0 unspecified atom stereocenters. The first-order valence-corrected chi connectivity index (χ1v) is 6.64. The monoisotopic (exact) mass is 388 g/mol. The fourth-order valence-electron chi connectivity index (χ4n) is 1.68. The van der Waals surface area contributed by atoms with Crippen LogP contribution in [0, 0.1) is 12.3 Å². The number of hydrogen-bond acceptors (Lipinski definition) is 2. The number of rotatable bonds is 1. The molecule has 1 aliphatic rings. The second-order valence-electron chi connectivity index (χ2n) is 4.60. The van der Waals surface area contributed by atoms with Gasteiger partial charge in [-0.15, -0.1) is 0 Å². The molecule has 0 radical (unpaired) electrons. The summed E-state index contributed by atoms with van der Waals surface area (Å²) in [5, 5.41) is 3.35. The molecule has 8 heteroatoms. The standard InChI is InChI=1S/C10H9Br2F3N2O/c1-5-3-6(10(13,14)15)16-17(5)7(18)8(2)4-9(8,11)12/h3H,4H2,1-2H3/t8-/m0/s1. The summed E-state index contributed by atoms with van der Waals surface area (Å²) in [6.07, 6.45) is -4.04. The Labute approximate surface area is 118 Å². The zero-order chi connectivity index (χ0) is 13.9. The van der Waals surface area contributed by atoms with Gasteiger partial charge in [0.1, 0.15) is 0 Å². The third-order valence-corrected chi connectivity index (χ3v) is 5.41. The summed E-state index contributed by atoms with van der Waals surface area (Å²) in [5.41, 5.74) is -1.66. The van der Waals surface area contributed by atoms with Gasteiger partial charge in [-0.3, -0.25) is 4.79 Å². The van der Waals surface area contributed by atoms with Gasteiger partial charge in [-0.05, 0) is 26.3 Å². The molecule has 1 aromatic heterocycles. The van der Waals surface area contributed by atoms with Crippen molar-refractivity contribution in [2.45, 2.75) is 29.7 Å². The largest absolute Gasteiger partial charge is 0.435 e. The van der Waals surface area contributed by atoms with Gasteiger partial charge in [0, 0.05) is 5.69 Å². The molecule has 0 aromatic carbocycles. The van der Waals surface area contributed by atoms with Gasteiger partial charge in [-0.1, -0.05) is 31.9 Å². The van der Waals surface area contributed by atoms with Crippen LogP contribution in [0.4, 0.5) is 13.2 Å². The molecule has 2 rings (SSSR count). The number of nitrogens with zero attached hydrogens (tertiary/aromatic N) is 2. The van der Waals surface area contributed by atoms with Gasteiger partial charge < -0.3 is 0 Å². The van der Waals surface area contributed by atoms with Crippen LogP contribution in [0.1, 0.15) is 29.5 Å². The molecule has 0 bridgehead atoms. The van der Waals surface area contributed by atoms with E-state index < -0.39 is 26.4 Å². The van der Waals surface area contributed by atoms with Crippen LogP contribution in [0.5, 0.6) is 0 Å². The summed E-state index contributed by atoms with van der Waals surface area (Å²) in [5.74, 6) is -0.454. The minimum atomic E-state index is -4.54. The van der Waals surface area contributed by atoms with Crippen molar-refractivity contribution in [2.75, 3.05) is 0 Å². The summed E-state index contributed by atoms with van der Waals surface area (Å²) in [6, 6.07) is 0.869.